The van der Waals surface area contributed by atoms with Crippen LogP contribution in [0, 0.1) is 0 Å². The van der Waals surface area contributed by atoms with Gasteiger partial charge in [0.25, 0.3) is 0 Å². The van der Waals surface area contributed by atoms with Gasteiger partial charge in [0.15, 0.2) is 0 Å². The Balaban J connectivity index is 1.92. The van der Waals surface area contributed by atoms with Gasteiger partial charge in [-0.25, -0.2) is 0 Å². The zero-order valence-electron chi connectivity index (χ0n) is 12.1. The van der Waals surface area contributed by atoms with Crippen LogP contribution in [0.4, 0.5) is 0 Å². The van der Waals surface area contributed by atoms with Crippen molar-refractivity contribution in [2.45, 2.75) is 31.7 Å². The minimum absolute atomic E-state index is 0.148. The first-order chi connectivity index (χ1) is 9.79. The van der Waals surface area contributed by atoms with Gasteiger partial charge in [0, 0.05) is 12.6 Å². The number of ether oxygens (including phenoxy) is 1. The van der Waals surface area contributed by atoms with E-state index in [-0.39, 0.29) is 5.97 Å². The average molecular weight is 273 g/mol. The third-order valence-corrected chi connectivity index (χ3v) is 3.85. The van der Waals surface area contributed by atoms with Crippen LogP contribution in [-0.4, -0.2) is 37.1 Å². The number of carbonyl (C=O) groups is 1. The van der Waals surface area contributed by atoms with Crippen LogP contribution in [0.15, 0.2) is 36.4 Å². The van der Waals surface area contributed by atoms with E-state index in [1.807, 2.05) is 18.2 Å². The Kier molecular flexibility index (Phi) is 5.81. The lowest BCUT2D eigenvalue weighted by molar-refractivity contribution is -0.142. The number of rotatable bonds is 6. The molecule has 0 bridgehead atoms. The van der Waals surface area contributed by atoms with Crippen molar-refractivity contribution in [2.75, 3.05) is 20.2 Å². The van der Waals surface area contributed by atoms with Gasteiger partial charge in [0.1, 0.15) is 0 Å². The number of benzene rings is 1. The van der Waals surface area contributed by atoms with Gasteiger partial charge in [-0.15, -0.1) is 0 Å². The van der Waals surface area contributed by atoms with Gasteiger partial charge in [-0.3, -0.25) is 9.69 Å². The summed E-state index contributed by atoms with van der Waals surface area (Å²) in [4.78, 5) is 13.8. The van der Waals surface area contributed by atoms with Crippen LogP contribution in [0.1, 0.15) is 31.2 Å². The van der Waals surface area contributed by atoms with Crippen LogP contribution in [0.25, 0.3) is 6.08 Å². The molecule has 0 heterocycles. The zero-order valence-corrected chi connectivity index (χ0v) is 12.1. The van der Waals surface area contributed by atoms with Gasteiger partial charge in [-0.05, 0) is 18.4 Å². The number of esters is 1. The van der Waals surface area contributed by atoms with Gasteiger partial charge < -0.3 is 4.74 Å². The summed E-state index contributed by atoms with van der Waals surface area (Å²) in [6, 6.07) is 10.8. The molecule has 0 aliphatic heterocycles. The van der Waals surface area contributed by atoms with E-state index >= 15 is 0 Å². The first kappa shape index (κ1) is 14.8. The molecule has 0 atom stereocenters. The van der Waals surface area contributed by atoms with Gasteiger partial charge >= 0.3 is 5.97 Å². The molecule has 2 rings (SSSR count). The quantitative estimate of drug-likeness (QED) is 0.746. The summed E-state index contributed by atoms with van der Waals surface area (Å²) in [6.07, 6.45) is 9.16. The number of nitrogens with zero attached hydrogens (tertiary/aromatic N) is 1. The number of hydrogen-bond donors (Lipinski definition) is 0. The summed E-state index contributed by atoms with van der Waals surface area (Å²) in [5.41, 5.74) is 1.19. The third kappa shape index (κ3) is 4.49. The molecule has 20 heavy (non-hydrogen) atoms. The predicted molar refractivity (Wildman–Crippen MR) is 81.3 cm³/mol. The third-order valence-electron chi connectivity index (χ3n) is 3.85. The van der Waals surface area contributed by atoms with E-state index in [1.54, 1.807) is 0 Å². The Morgan fingerprint density at radius 1 is 1.30 bits per heavy atom. The summed E-state index contributed by atoms with van der Waals surface area (Å²) in [5.74, 6) is -0.148. The monoisotopic (exact) mass is 273 g/mol. The second-order valence-electron chi connectivity index (χ2n) is 5.26. The van der Waals surface area contributed by atoms with E-state index in [2.05, 4.69) is 29.2 Å². The zero-order chi connectivity index (χ0) is 14.2. The van der Waals surface area contributed by atoms with Crippen molar-refractivity contribution in [3.63, 3.8) is 0 Å². The molecule has 1 saturated carbocycles. The molecule has 0 aromatic heterocycles. The van der Waals surface area contributed by atoms with E-state index in [4.69, 9.17) is 4.74 Å². The summed E-state index contributed by atoms with van der Waals surface area (Å²) in [6.45, 7) is 1.19. The maximum absolute atomic E-state index is 11.5. The second kappa shape index (κ2) is 7.85. The van der Waals surface area contributed by atoms with Crippen molar-refractivity contribution in [2.24, 2.45) is 0 Å². The smallest absolute Gasteiger partial charge is 0.319 e. The van der Waals surface area contributed by atoms with E-state index in [0.717, 1.165) is 6.54 Å². The van der Waals surface area contributed by atoms with Crippen molar-refractivity contribution in [1.29, 1.82) is 0 Å². The highest BCUT2D eigenvalue weighted by Gasteiger charge is 2.23. The molecule has 0 amide bonds. The van der Waals surface area contributed by atoms with Crippen LogP contribution >= 0.6 is 0 Å². The lowest BCUT2D eigenvalue weighted by Crippen LogP contribution is -2.38. The van der Waals surface area contributed by atoms with Gasteiger partial charge in [-0.1, -0.05) is 55.3 Å². The first-order valence-electron chi connectivity index (χ1n) is 7.32. The Morgan fingerprint density at radius 3 is 2.65 bits per heavy atom. The Hall–Kier alpha value is -1.61. The average Bonchev–Trinajstić information content (AvgIpc) is 3.01. The van der Waals surface area contributed by atoms with Crippen molar-refractivity contribution in [1.82, 2.24) is 4.90 Å². The molecule has 1 aromatic carbocycles. The topological polar surface area (TPSA) is 29.5 Å². The highest BCUT2D eigenvalue weighted by molar-refractivity contribution is 5.71. The maximum Gasteiger partial charge on any atom is 0.319 e. The summed E-state index contributed by atoms with van der Waals surface area (Å²) < 4.78 is 4.80. The second-order valence-corrected chi connectivity index (χ2v) is 5.26. The first-order valence-corrected chi connectivity index (χ1v) is 7.32. The molecule has 0 spiro atoms. The van der Waals surface area contributed by atoms with E-state index in [0.29, 0.717) is 12.6 Å². The minimum atomic E-state index is -0.148. The Bertz CT molecular complexity index is 436. The number of carbonyl (C=O) groups excluding carboxylic acids is 1. The van der Waals surface area contributed by atoms with Crippen LogP contribution in [0.3, 0.4) is 0 Å². The summed E-state index contributed by atoms with van der Waals surface area (Å²) in [5, 5.41) is 0. The molecule has 0 saturated heterocycles. The van der Waals surface area contributed by atoms with Crippen molar-refractivity contribution in [3.05, 3.63) is 42.0 Å². The number of hydrogen-bond acceptors (Lipinski definition) is 3. The fourth-order valence-electron chi connectivity index (χ4n) is 2.73. The minimum Gasteiger partial charge on any atom is -0.468 e. The SMILES string of the molecule is COC(=O)CN(C/C=C/c1ccccc1)C1CCCC1. The Morgan fingerprint density at radius 2 is 2.00 bits per heavy atom. The van der Waals surface area contributed by atoms with Crippen LogP contribution < -0.4 is 0 Å². The van der Waals surface area contributed by atoms with E-state index in [9.17, 15) is 4.79 Å². The maximum atomic E-state index is 11.5. The number of methoxy groups -OCH3 is 1. The predicted octanol–water partition coefficient (Wildman–Crippen LogP) is 3.12. The molecule has 1 aliphatic rings. The largest absolute Gasteiger partial charge is 0.468 e. The molecular formula is C17H23NO2. The molecule has 1 aromatic rings. The molecule has 108 valence electrons. The van der Waals surface area contributed by atoms with Crippen molar-refractivity contribution in [3.8, 4) is 0 Å². The van der Waals surface area contributed by atoms with Crippen LogP contribution in [0.2, 0.25) is 0 Å². The molecule has 0 unspecified atom stereocenters. The molecule has 0 radical (unpaired) electrons. The molecular weight excluding hydrogens is 250 g/mol. The molecule has 3 nitrogen and oxygen atoms in total. The van der Waals surface area contributed by atoms with Gasteiger partial charge in [0.2, 0.25) is 0 Å². The standard InChI is InChI=1S/C17H23NO2/c1-20-17(19)14-18(16-11-5-6-12-16)13-7-10-15-8-3-2-4-9-15/h2-4,7-10,16H,5-6,11-14H2,1H3/b10-7+. The highest BCUT2D eigenvalue weighted by Crippen LogP contribution is 2.23. The van der Waals surface area contributed by atoms with Gasteiger partial charge in [0.05, 0.1) is 13.7 Å². The van der Waals surface area contributed by atoms with Crippen LogP contribution in [-0.2, 0) is 9.53 Å². The summed E-state index contributed by atoms with van der Waals surface area (Å²) in [7, 11) is 1.45. The van der Waals surface area contributed by atoms with Gasteiger partial charge in [-0.2, -0.15) is 0 Å². The highest BCUT2D eigenvalue weighted by atomic mass is 16.5. The fraction of sp³-hybridized carbons (Fsp3) is 0.471. The normalized spacial score (nSPS) is 16.1. The molecule has 1 fully saturated rings. The molecule has 0 N–H and O–H groups in total. The van der Waals surface area contributed by atoms with Crippen molar-refractivity contribution < 1.29 is 9.53 Å². The Labute approximate surface area is 121 Å². The van der Waals surface area contributed by atoms with Crippen molar-refractivity contribution >= 4 is 12.0 Å². The lowest BCUT2D eigenvalue weighted by atomic mass is 10.2. The lowest BCUT2D eigenvalue weighted by Gasteiger charge is -2.26. The van der Waals surface area contributed by atoms with E-state index < -0.39 is 0 Å². The van der Waals surface area contributed by atoms with E-state index in [1.165, 1.54) is 38.4 Å². The molecule has 3 heteroatoms. The van der Waals surface area contributed by atoms with Crippen LogP contribution in [0.5, 0.6) is 0 Å². The molecule has 1 aliphatic carbocycles. The summed E-state index contributed by atoms with van der Waals surface area (Å²) >= 11 is 0. The fourth-order valence-corrected chi connectivity index (χ4v) is 2.73.